The summed E-state index contributed by atoms with van der Waals surface area (Å²) in [6.45, 7) is 9.41. The van der Waals surface area contributed by atoms with Gasteiger partial charge in [0.15, 0.2) is 5.82 Å². The van der Waals surface area contributed by atoms with Crippen LogP contribution in [0.15, 0.2) is 18.3 Å². The normalized spacial score (nSPS) is 10.7. The fourth-order valence-corrected chi connectivity index (χ4v) is 2.17. The fraction of sp³-hybridized carbons (Fsp3) is 0.471. The first-order valence-corrected chi connectivity index (χ1v) is 7.66. The van der Waals surface area contributed by atoms with Gasteiger partial charge >= 0.3 is 0 Å². The molecule has 4 nitrogen and oxygen atoms in total. The van der Waals surface area contributed by atoms with E-state index >= 15 is 0 Å². The van der Waals surface area contributed by atoms with Crippen molar-refractivity contribution >= 4 is 5.82 Å². The Balaban J connectivity index is 2.18. The van der Waals surface area contributed by atoms with Crippen LogP contribution in [-0.4, -0.2) is 21.7 Å². The summed E-state index contributed by atoms with van der Waals surface area (Å²) >= 11 is 0. The van der Waals surface area contributed by atoms with Crippen molar-refractivity contribution in [2.75, 3.05) is 11.9 Å². The van der Waals surface area contributed by atoms with Crippen molar-refractivity contribution in [1.29, 1.82) is 0 Å². The molecule has 112 valence electrons. The van der Waals surface area contributed by atoms with Gasteiger partial charge in [-0.2, -0.15) is 5.10 Å². The van der Waals surface area contributed by atoms with E-state index in [9.17, 15) is 0 Å². The van der Waals surface area contributed by atoms with Crippen LogP contribution in [0.1, 0.15) is 48.3 Å². The van der Waals surface area contributed by atoms with Crippen molar-refractivity contribution in [3.05, 3.63) is 46.4 Å². The van der Waals surface area contributed by atoms with E-state index < -0.39 is 0 Å². The highest BCUT2D eigenvalue weighted by Crippen LogP contribution is 2.19. The average molecular weight is 284 g/mol. The number of rotatable bonds is 6. The second-order valence-electron chi connectivity index (χ2n) is 5.36. The SMILES string of the molecule is CCCNc1nnc(Cc2ccc(CC)cn2)c(C)c1C. The van der Waals surface area contributed by atoms with Crippen LogP contribution < -0.4 is 5.32 Å². The maximum Gasteiger partial charge on any atom is 0.151 e. The summed E-state index contributed by atoms with van der Waals surface area (Å²) in [6, 6.07) is 4.22. The molecule has 1 N–H and O–H groups in total. The summed E-state index contributed by atoms with van der Waals surface area (Å²) in [4.78, 5) is 4.50. The van der Waals surface area contributed by atoms with E-state index in [-0.39, 0.29) is 0 Å². The molecular weight excluding hydrogens is 260 g/mol. The topological polar surface area (TPSA) is 50.7 Å². The molecule has 0 aliphatic rings. The van der Waals surface area contributed by atoms with E-state index in [0.29, 0.717) is 0 Å². The Labute approximate surface area is 127 Å². The minimum Gasteiger partial charge on any atom is -0.368 e. The number of aromatic nitrogens is 3. The van der Waals surface area contributed by atoms with Crippen LogP contribution in [0.25, 0.3) is 0 Å². The second-order valence-corrected chi connectivity index (χ2v) is 5.36. The van der Waals surface area contributed by atoms with Gasteiger partial charge in [0, 0.05) is 24.9 Å². The Hall–Kier alpha value is -1.97. The number of hydrogen-bond donors (Lipinski definition) is 1. The molecule has 0 fully saturated rings. The van der Waals surface area contributed by atoms with Crippen molar-refractivity contribution in [3.8, 4) is 0 Å². The van der Waals surface area contributed by atoms with Crippen molar-refractivity contribution in [1.82, 2.24) is 15.2 Å². The molecule has 0 spiro atoms. The molecule has 0 saturated heterocycles. The van der Waals surface area contributed by atoms with Crippen LogP contribution in [0.4, 0.5) is 5.82 Å². The zero-order valence-electron chi connectivity index (χ0n) is 13.4. The Morgan fingerprint density at radius 2 is 1.86 bits per heavy atom. The maximum atomic E-state index is 4.50. The molecular formula is C17H24N4. The summed E-state index contributed by atoms with van der Waals surface area (Å²) in [7, 11) is 0. The van der Waals surface area contributed by atoms with E-state index in [2.05, 4.69) is 60.3 Å². The monoisotopic (exact) mass is 284 g/mol. The summed E-state index contributed by atoms with van der Waals surface area (Å²) in [6.07, 6.45) is 4.78. The van der Waals surface area contributed by atoms with Crippen molar-refractivity contribution in [2.45, 2.75) is 47.0 Å². The second kappa shape index (κ2) is 7.16. The summed E-state index contributed by atoms with van der Waals surface area (Å²) in [5.74, 6) is 0.896. The predicted octanol–water partition coefficient (Wildman–Crippen LogP) is 3.46. The minimum absolute atomic E-state index is 0.734. The highest BCUT2D eigenvalue weighted by Gasteiger charge is 2.10. The van der Waals surface area contributed by atoms with Crippen LogP contribution in [0.3, 0.4) is 0 Å². The molecule has 0 unspecified atom stereocenters. The number of aryl methyl sites for hydroxylation is 1. The smallest absolute Gasteiger partial charge is 0.151 e. The maximum absolute atomic E-state index is 4.50. The lowest BCUT2D eigenvalue weighted by Gasteiger charge is -2.12. The van der Waals surface area contributed by atoms with Gasteiger partial charge in [-0.1, -0.05) is 19.9 Å². The largest absolute Gasteiger partial charge is 0.368 e. The lowest BCUT2D eigenvalue weighted by Crippen LogP contribution is -2.09. The van der Waals surface area contributed by atoms with E-state index in [1.807, 2.05) is 6.20 Å². The number of nitrogens with one attached hydrogen (secondary N) is 1. The third-order valence-electron chi connectivity index (χ3n) is 3.81. The first-order chi connectivity index (χ1) is 10.2. The first-order valence-electron chi connectivity index (χ1n) is 7.66. The zero-order chi connectivity index (χ0) is 15.2. The van der Waals surface area contributed by atoms with Crippen LogP contribution in [0, 0.1) is 13.8 Å². The van der Waals surface area contributed by atoms with Gasteiger partial charge in [-0.05, 0) is 49.4 Å². The van der Waals surface area contributed by atoms with Gasteiger partial charge in [-0.15, -0.1) is 5.10 Å². The molecule has 0 radical (unpaired) electrons. The summed E-state index contributed by atoms with van der Waals surface area (Å²) in [5.41, 5.74) is 5.69. The Bertz CT molecular complexity index is 590. The average Bonchev–Trinajstić information content (AvgIpc) is 2.52. The quantitative estimate of drug-likeness (QED) is 0.882. The molecule has 2 rings (SSSR count). The van der Waals surface area contributed by atoms with Gasteiger partial charge in [0.25, 0.3) is 0 Å². The fourth-order valence-electron chi connectivity index (χ4n) is 2.17. The molecule has 2 heterocycles. The molecule has 21 heavy (non-hydrogen) atoms. The van der Waals surface area contributed by atoms with Crippen molar-refractivity contribution < 1.29 is 0 Å². The Kier molecular flexibility index (Phi) is 5.26. The number of nitrogens with zero attached hydrogens (tertiary/aromatic N) is 3. The lowest BCUT2D eigenvalue weighted by atomic mass is 10.1. The van der Waals surface area contributed by atoms with E-state index in [0.717, 1.165) is 43.0 Å². The van der Waals surface area contributed by atoms with Gasteiger partial charge in [0.05, 0.1) is 5.69 Å². The Morgan fingerprint density at radius 3 is 2.48 bits per heavy atom. The van der Waals surface area contributed by atoms with E-state index in [4.69, 9.17) is 0 Å². The molecule has 0 atom stereocenters. The first kappa shape index (κ1) is 15.4. The number of anilines is 1. The summed E-state index contributed by atoms with van der Waals surface area (Å²) < 4.78 is 0. The summed E-state index contributed by atoms with van der Waals surface area (Å²) in [5, 5.41) is 12.0. The van der Waals surface area contributed by atoms with Gasteiger partial charge in [-0.25, -0.2) is 0 Å². The Morgan fingerprint density at radius 1 is 1.05 bits per heavy atom. The highest BCUT2D eigenvalue weighted by atomic mass is 15.2. The number of hydrogen-bond acceptors (Lipinski definition) is 4. The highest BCUT2D eigenvalue weighted by molar-refractivity contribution is 5.48. The molecule has 0 amide bonds. The van der Waals surface area contributed by atoms with Gasteiger partial charge < -0.3 is 5.32 Å². The molecule has 0 saturated carbocycles. The molecule has 0 aliphatic carbocycles. The van der Waals surface area contributed by atoms with Crippen LogP contribution >= 0.6 is 0 Å². The van der Waals surface area contributed by atoms with Gasteiger partial charge in [0.1, 0.15) is 0 Å². The van der Waals surface area contributed by atoms with Crippen LogP contribution in [0.2, 0.25) is 0 Å². The molecule has 0 bridgehead atoms. The molecule has 2 aromatic heterocycles. The standard InChI is InChI=1S/C17H24N4/c1-5-9-18-17-13(4)12(3)16(20-21-17)10-15-8-7-14(6-2)11-19-15/h7-8,11H,5-6,9-10H2,1-4H3,(H,18,21). The van der Waals surface area contributed by atoms with Crippen LogP contribution in [0.5, 0.6) is 0 Å². The van der Waals surface area contributed by atoms with Crippen molar-refractivity contribution in [3.63, 3.8) is 0 Å². The lowest BCUT2D eigenvalue weighted by molar-refractivity contribution is 0.874. The van der Waals surface area contributed by atoms with Gasteiger partial charge in [-0.3, -0.25) is 4.98 Å². The predicted molar refractivity (Wildman–Crippen MR) is 86.7 cm³/mol. The third kappa shape index (κ3) is 3.78. The minimum atomic E-state index is 0.734. The third-order valence-corrected chi connectivity index (χ3v) is 3.81. The molecule has 0 aliphatic heterocycles. The van der Waals surface area contributed by atoms with Gasteiger partial charge in [0.2, 0.25) is 0 Å². The van der Waals surface area contributed by atoms with Crippen molar-refractivity contribution in [2.24, 2.45) is 0 Å². The van der Waals surface area contributed by atoms with E-state index in [1.54, 1.807) is 0 Å². The molecule has 4 heteroatoms. The molecule has 0 aromatic carbocycles. The van der Waals surface area contributed by atoms with E-state index in [1.165, 1.54) is 16.7 Å². The number of pyridine rings is 1. The molecule has 2 aromatic rings. The van der Waals surface area contributed by atoms with Crippen LogP contribution in [-0.2, 0) is 12.8 Å². The zero-order valence-corrected chi connectivity index (χ0v) is 13.4.